The van der Waals surface area contributed by atoms with E-state index >= 15 is 0 Å². The largest absolute Gasteiger partial charge is 0.494 e. The van der Waals surface area contributed by atoms with Crippen molar-refractivity contribution in [2.24, 2.45) is 0 Å². The van der Waals surface area contributed by atoms with Crippen molar-refractivity contribution in [2.75, 3.05) is 0 Å². The lowest BCUT2D eigenvalue weighted by Gasteiger charge is -2.08. The summed E-state index contributed by atoms with van der Waals surface area (Å²) >= 11 is 3.93. The number of hydrogen-bond acceptors (Lipinski definition) is 7. The molecule has 0 aromatic carbocycles. The van der Waals surface area contributed by atoms with Crippen molar-refractivity contribution in [3.63, 3.8) is 0 Å². The summed E-state index contributed by atoms with van der Waals surface area (Å²) in [6, 6.07) is 2.47. The third kappa shape index (κ3) is 2.87. The highest BCUT2D eigenvalue weighted by atomic mass is 32.1. The molecule has 0 saturated carbocycles. The summed E-state index contributed by atoms with van der Waals surface area (Å²) in [5.41, 5.74) is 0.348. The molecule has 0 aliphatic rings. The lowest BCUT2D eigenvalue weighted by atomic mass is 10.4. The smallest absolute Gasteiger partial charge is 0.335 e. The van der Waals surface area contributed by atoms with E-state index < -0.39 is 11.8 Å². The second kappa shape index (κ2) is 5.52. The number of thiol groups is 1. The predicted octanol–water partition coefficient (Wildman–Crippen LogP) is 0.755. The SMILES string of the molecule is Cc1cc(O)n(OC(=O)CCn2c(O)cc(S)c2O)c1O. The summed E-state index contributed by atoms with van der Waals surface area (Å²) in [4.78, 5) is 16.6. The molecule has 114 valence electrons. The molecule has 8 nitrogen and oxygen atoms in total. The lowest BCUT2D eigenvalue weighted by Crippen LogP contribution is -2.20. The summed E-state index contributed by atoms with van der Waals surface area (Å²) in [6.07, 6.45) is -0.209. The van der Waals surface area contributed by atoms with Crippen molar-refractivity contribution >= 4 is 18.6 Å². The molecule has 0 atom stereocenters. The molecule has 0 radical (unpaired) electrons. The fourth-order valence-electron chi connectivity index (χ4n) is 1.76. The molecule has 2 heterocycles. The number of aromatic nitrogens is 2. The first-order valence-corrected chi connectivity index (χ1v) is 6.37. The molecule has 0 fully saturated rings. The van der Waals surface area contributed by atoms with Gasteiger partial charge in [-0.2, -0.15) is 0 Å². The molecule has 0 saturated heterocycles. The Morgan fingerprint density at radius 2 is 1.86 bits per heavy atom. The minimum atomic E-state index is -0.774. The average molecular weight is 314 g/mol. The van der Waals surface area contributed by atoms with Crippen LogP contribution in [0.15, 0.2) is 17.0 Å². The summed E-state index contributed by atoms with van der Waals surface area (Å²) in [5.74, 6) is -2.09. The van der Waals surface area contributed by atoms with Gasteiger partial charge in [0.15, 0.2) is 5.88 Å². The Balaban J connectivity index is 2.02. The fraction of sp³-hybridized carbons (Fsp3) is 0.250. The molecule has 0 amide bonds. The van der Waals surface area contributed by atoms with Crippen LogP contribution in [0.2, 0.25) is 0 Å². The molecular formula is C12H14N2O6S. The summed E-state index contributed by atoms with van der Waals surface area (Å²) in [7, 11) is 0. The molecule has 0 aliphatic heterocycles. The number of aromatic hydroxyl groups is 4. The first-order chi connectivity index (χ1) is 9.81. The third-order valence-electron chi connectivity index (χ3n) is 2.86. The second-order valence-corrected chi connectivity index (χ2v) is 4.86. The highest BCUT2D eigenvalue weighted by molar-refractivity contribution is 7.80. The van der Waals surface area contributed by atoms with Gasteiger partial charge in [-0.05, 0) is 6.92 Å². The number of hydrogen-bond donors (Lipinski definition) is 5. The van der Waals surface area contributed by atoms with Gasteiger partial charge in [-0.25, -0.2) is 4.79 Å². The van der Waals surface area contributed by atoms with Crippen molar-refractivity contribution < 1.29 is 30.1 Å². The van der Waals surface area contributed by atoms with Crippen LogP contribution in [0.4, 0.5) is 0 Å². The standard InChI is InChI=1S/C12H14N2O6S/c1-6-4-9(16)14(11(6)18)20-10(17)2-3-13-8(15)5-7(21)12(13)19/h4-5,15-16,18-19,21H,2-3H2,1H3. The zero-order valence-corrected chi connectivity index (χ0v) is 11.9. The van der Waals surface area contributed by atoms with Crippen LogP contribution < -0.4 is 4.84 Å². The monoisotopic (exact) mass is 314 g/mol. The maximum Gasteiger partial charge on any atom is 0.335 e. The Bertz CT molecular complexity index is 690. The molecule has 2 aromatic rings. The van der Waals surface area contributed by atoms with E-state index in [0.717, 1.165) is 4.57 Å². The third-order valence-corrected chi connectivity index (χ3v) is 3.19. The Labute approximate surface area is 124 Å². The molecule has 0 unspecified atom stereocenters. The van der Waals surface area contributed by atoms with Crippen LogP contribution in [0.3, 0.4) is 0 Å². The number of rotatable bonds is 4. The fourth-order valence-corrected chi connectivity index (χ4v) is 1.99. The van der Waals surface area contributed by atoms with Crippen LogP contribution in [0.5, 0.6) is 23.5 Å². The minimum absolute atomic E-state index is 0.0567. The van der Waals surface area contributed by atoms with Crippen LogP contribution in [-0.4, -0.2) is 35.7 Å². The van der Waals surface area contributed by atoms with Crippen LogP contribution in [0.1, 0.15) is 12.0 Å². The van der Waals surface area contributed by atoms with Crippen LogP contribution in [0, 0.1) is 6.92 Å². The Hall–Kier alpha value is -2.42. The molecule has 4 N–H and O–H groups in total. The topological polar surface area (TPSA) is 117 Å². The molecule has 21 heavy (non-hydrogen) atoms. The number of nitrogens with zero attached hydrogens (tertiary/aromatic N) is 2. The highest BCUT2D eigenvalue weighted by Crippen LogP contribution is 2.30. The minimum Gasteiger partial charge on any atom is -0.494 e. The average Bonchev–Trinajstić information content (AvgIpc) is 2.79. The van der Waals surface area contributed by atoms with Gasteiger partial charge in [-0.1, -0.05) is 0 Å². The molecule has 0 bridgehead atoms. The predicted molar refractivity (Wildman–Crippen MR) is 73.7 cm³/mol. The van der Waals surface area contributed by atoms with E-state index in [-0.39, 0.29) is 35.5 Å². The van der Waals surface area contributed by atoms with E-state index in [0.29, 0.717) is 10.3 Å². The van der Waals surface area contributed by atoms with Gasteiger partial charge in [0, 0.05) is 24.2 Å². The maximum atomic E-state index is 11.7. The van der Waals surface area contributed by atoms with Crippen LogP contribution in [0.25, 0.3) is 0 Å². The van der Waals surface area contributed by atoms with Gasteiger partial charge < -0.3 is 25.3 Å². The van der Waals surface area contributed by atoms with E-state index in [1.54, 1.807) is 0 Å². The van der Waals surface area contributed by atoms with E-state index in [1.165, 1.54) is 19.1 Å². The Morgan fingerprint density at radius 1 is 1.19 bits per heavy atom. The number of carbonyl (C=O) groups is 1. The molecule has 2 rings (SSSR count). The molecule has 2 aromatic heterocycles. The zero-order valence-electron chi connectivity index (χ0n) is 11.0. The van der Waals surface area contributed by atoms with Crippen LogP contribution in [-0.2, 0) is 11.3 Å². The van der Waals surface area contributed by atoms with Crippen molar-refractivity contribution in [2.45, 2.75) is 24.8 Å². The van der Waals surface area contributed by atoms with E-state index in [4.69, 9.17) is 4.84 Å². The quantitative estimate of drug-likeness (QED) is 0.532. The normalized spacial score (nSPS) is 10.8. The van der Waals surface area contributed by atoms with Crippen molar-refractivity contribution in [1.29, 1.82) is 0 Å². The first-order valence-electron chi connectivity index (χ1n) is 5.93. The summed E-state index contributed by atoms with van der Waals surface area (Å²) in [5, 5.41) is 38.2. The van der Waals surface area contributed by atoms with Gasteiger partial charge in [0.25, 0.3) is 0 Å². The van der Waals surface area contributed by atoms with Crippen molar-refractivity contribution in [3.8, 4) is 23.5 Å². The maximum absolute atomic E-state index is 11.7. The molecular weight excluding hydrogens is 300 g/mol. The van der Waals surface area contributed by atoms with Crippen molar-refractivity contribution in [3.05, 3.63) is 17.7 Å². The van der Waals surface area contributed by atoms with Gasteiger partial charge in [0.05, 0.1) is 11.3 Å². The lowest BCUT2D eigenvalue weighted by molar-refractivity contribution is -0.145. The highest BCUT2D eigenvalue weighted by Gasteiger charge is 2.17. The summed E-state index contributed by atoms with van der Waals surface area (Å²) in [6.45, 7) is 1.47. The Morgan fingerprint density at radius 3 is 2.33 bits per heavy atom. The van der Waals surface area contributed by atoms with Gasteiger partial charge in [-0.15, -0.1) is 17.4 Å². The zero-order chi connectivity index (χ0) is 15.7. The number of carbonyl (C=O) groups excluding carboxylic acids is 1. The second-order valence-electron chi connectivity index (χ2n) is 4.38. The molecule has 0 aliphatic carbocycles. The van der Waals surface area contributed by atoms with Gasteiger partial charge in [0.2, 0.25) is 17.6 Å². The van der Waals surface area contributed by atoms with Gasteiger partial charge in [-0.3, -0.25) is 4.57 Å². The first kappa shape index (κ1) is 15.0. The van der Waals surface area contributed by atoms with E-state index in [1.807, 2.05) is 0 Å². The van der Waals surface area contributed by atoms with Gasteiger partial charge >= 0.3 is 5.97 Å². The molecule has 9 heteroatoms. The summed E-state index contributed by atoms with van der Waals surface area (Å²) < 4.78 is 1.67. The van der Waals surface area contributed by atoms with Gasteiger partial charge in [0.1, 0.15) is 0 Å². The van der Waals surface area contributed by atoms with Crippen molar-refractivity contribution in [1.82, 2.24) is 9.30 Å². The van der Waals surface area contributed by atoms with E-state index in [9.17, 15) is 25.2 Å². The molecule has 0 spiro atoms. The Kier molecular flexibility index (Phi) is 3.94. The number of aryl methyl sites for hydroxylation is 1. The van der Waals surface area contributed by atoms with E-state index in [2.05, 4.69) is 12.6 Å². The van der Waals surface area contributed by atoms with Crippen LogP contribution >= 0.6 is 12.6 Å².